The van der Waals surface area contributed by atoms with Gasteiger partial charge in [0.1, 0.15) is 0 Å². The van der Waals surface area contributed by atoms with Crippen LogP contribution in [0.15, 0.2) is 0 Å². The summed E-state index contributed by atoms with van der Waals surface area (Å²) < 4.78 is 0. The largest absolute Gasteiger partial charge is 0.481 e. The Bertz CT molecular complexity index is 295. The van der Waals surface area contributed by atoms with Crippen LogP contribution in [0.2, 0.25) is 0 Å². The lowest BCUT2D eigenvalue weighted by Crippen LogP contribution is -2.39. The van der Waals surface area contributed by atoms with Crippen LogP contribution in [0.1, 0.15) is 38.5 Å². The molecule has 0 aromatic heterocycles. The van der Waals surface area contributed by atoms with Gasteiger partial charge in [0, 0.05) is 0 Å². The van der Waals surface area contributed by atoms with Crippen molar-refractivity contribution in [1.29, 1.82) is 0 Å². The summed E-state index contributed by atoms with van der Waals surface area (Å²) in [7, 11) is 0. The van der Waals surface area contributed by atoms with Crippen molar-refractivity contribution < 1.29 is 15.0 Å². The molecule has 14 heavy (non-hydrogen) atoms. The zero-order valence-corrected chi connectivity index (χ0v) is 8.20. The Balaban J connectivity index is 1.89. The maximum Gasteiger partial charge on any atom is 0.306 e. The van der Waals surface area contributed by atoms with Crippen molar-refractivity contribution in [1.82, 2.24) is 0 Å². The molecule has 4 unspecified atom stereocenters. The van der Waals surface area contributed by atoms with Crippen LogP contribution in [-0.2, 0) is 4.79 Å². The summed E-state index contributed by atoms with van der Waals surface area (Å²) >= 11 is 0. The van der Waals surface area contributed by atoms with Crippen molar-refractivity contribution in [2.75, 3.05) is 0 Å². The number of hydrogen-bond donors (Lipinski definition) is 2. The third-order valence-corrected chi connectivity index (χ3v) is 4.81. The lowest BCUT2D eigenvalue weighted by Gasteiger charge is -2.32. The molecule has 3 aliphatic carbocycles. The van der Waals surface area contributed by atoms with E-state index in [-0.39, 0.29) is 12.3 Å². The van der Waals surface area contributed by atoms with E-state index >= 15 is 0 Å². The molecule has 2 N–H and O–H groups in total. The second-order valence-electron chi connectivity index (χ2n) is 5.47. The van der Waals surface area contributed by atoms with Gasteiger partial charge >= 0.3 is 5.97 Å². The maximum absolute atomic E-state index is 10.8. The van der Waals surface area contributed by atoms with E-state index in [0.717, 1.165) is 19.3 Å². The molecule has 3 nitrogen and oxygen atoms in total. The molecule has 3 aliphatic rings. The number of carboxylic acid groups (broad SMARTS) is 1. The summed E-state index contributed by atoms with van der Waals surface area (Å²) in [6.45, 7) is 0. The van der Waals surface area contributed by atoms with Crippen molar-refractivity contribution in [2.24, 2.45) is 17.3 Å². The molecule has 1 spiro atoms. The van der Waals surface area contributed by atoms with Gasteiger partial charge < -0.3 is 10.2 Å². The summed E-state index contributed by atoms with van der Waals surface area (Å²) in [5.41, 5.74) is -0.491. The Labute approximate surface area is 83.1 Å². The van der Waals surface area contributed by atoms with Gasteiger partial charge in [0.05, 0.1) is 12.0 Å². The Kier molecular flexibility index (Phi) is 1.45. The molecule has 0 saturated heterocycles. The van der Waals surface area contributed by atoms with E-state index in [1.807, 2.05) is 0 Å². The van der Waals surface area contributed by atoms with Crippen LogP contribution < -0.4 is 0 Å². The molecule has 3 fully saturated rings. The van der Waals surface area contributed by atoms with Gasteiger partial charge in [0.2, 0.25) is 0 Å². The predicted molar refractivity (Wildman–Crippen MR) is 49.7 cm³/mol. The lowest BCUT2D eigenvalue weighted by molar-refractivity contribution is -0.145. The zero-order valence-electron chi connectivity index (χ0n) is 8.20. The van der Waals surface area contributed by atoms with Crippen molar-refractivity contribution in [3.63, 3.8) is 0 Å². The summed E-state index contributed by atoms with van der Waals surface area (Å²) in [4.78, 5) is 10.8. The topological polar surface area (TPSA) is 57.5 Å². The first-order valence-electron chi connectivity index (χ1n) is 5.51. The van der Waals surface area contributed by atoms with Gasteiger partial charge in [0.15, 0.2) is 0 Å². The van der Waals surface area contributed by atoms with Crippen molar-refractivity contribution in [3.8, 4) is 0 Å². The van der Waals surface area contributed by atoms with Crippen molar-refractivity contribution in [3.05, 3.63) is 0 Å². The lowest BCUT2D eigenvalue weighted by atomic mass is 9.77. The van der Waals surface area contributed by atoms with E-state index in [9.17, 15) is 9.90 Å². The molecular weight excluding hydrogens is 180 g/mol. The first-order chi connectivity index (χ1) is 6.57. The standard InChI is InChI=1S/C11H16O3/c12-9(13)6-11(14)7-2-1-3-10(4-7)5-8(10)11/h7-8,14H,1-6H2,(H,12,13). The number of carbonyl (C=O) groups is 1. The van der Waals surface area contributed by atoms with Crippen LogP contribution in [0.3, 0.4) is 0 Å². The van der Waals surface area contributed by atoms with E-state index in [4.69, 9.17) is 5.11 Å². The van der Waals surface area contributed by atoms with E-state index in [1.54, 1.807) is 0 Å². The summed E-state index contributed by atoms with van der Waals surface area (Å²) in [5, 5.41) is 19.3. The normalized spacial score (nSPS) is 54.1. The number of hydrogen-bond acceptors (Lipinski definition) is 2. The number of aliphatic carboxylic acids is 1. The molecule has 78 valence electrons. The molecule has 0 aliphatic heterocycles. The second kappa shape index (κ2) is 2.32. The first-order valence-corrected chi connectivity index (χ1v) is 5.51. The highest BCUT2D eigenvalue weighted by molar-refractivity contribution is 5.68. The van der Waals surface area contributed by atoms with Gasteiger partial charge in [-0.25, -0.2) is 0 Å². The molecule has 2 bridgehead atoms. The van der Waals surface area contributed by atoms with Gasteiger partial charge in [0.25, 0.3) is 0 Å². The van der Waals surface area contributed by atoms with Crippen LogP contribution in [0.4, 0.5) is 0 Å². The average molecular weight is 196 g/mol. The van der Waals surface area contributed by atoms with Gasteiger partial charge in [-0.05, 0) is 42.9 Å². The highest BCUT2D eigenvalue weighted by atomic mass is 16.4. The molecule has 0 heterocycles. The van der Waals surface area contributed by atoms with Gasteiger partial charge in [-0.1, -0.05) is 6.42 Å². The molecule has 0 aromatic carbocycles. The Morgan fingerprint density at radius 1 is 1.43 bits per heavy atom. The molecule has 0 amide bonds. The van der Waals surface area contributed by atoms with E-state index < -0.39 is 11.6 Å². The molecule has 3 saturated carbocycles. The first kappa shape index (κ1) is 8.72. The molecule has 0 aromatic rings. The van der Waals surface area contributed by atoms with Crippen LogP contribution in [-0.4, -0.2) is 21.8 Å². The molecular formula is C11H16O3. The molecule has 3 rings (SSSR count). The van der Waals surface area contributed by atoms with Crippen molar-refractivity contribution in [2.45, 2.75) is 44.1 Å². The number of aliphatic hydroxyl groups is 1. The molecule has 3 heteroatoms. The van der Waals surface area contributed by atoms with Crippen LogP contribution in [0, 0.1) is 17.3 Å². The van der Waals surface area contributed by atoms with Crippen LogP contribution in [0.5, 0.6) is 0 Å². The maximum atomic E-state index is 10.8. The third-order valence-electron chi connectivity index (χ3n) is 4.81. The molecule has 0 radical (unpaired) electrons. The number of rotatable bonds is 2. The van der Waals surface area contributed by atoms with E-state index in [1.165, 1.54) is 12.8 Å². The highest BCUT2D eigenvalue weighted by Gasteiger charge is 2.72. The highest BCUT2D eigenvalue weighted by Crippen LogP contribution is 2.75. The Hall–Kier alpha value is -0.570. The number of fused-ring (bicyclic) bond motifs is 1. The van der Waals surface area contributed by atoms with E-state index in [2.05, 4.69) is 0 Å². The van der Waals surface area contributed by atoms with E-state index in [0.29, 0.717) is 11.3 Å². The smallest absolute Gasteiger partial charge is 0.306 e. The Morgan fingerprint density at radius 2 is 2.21 bits per heavy atom. The van der Waals surface area contributed by atoms with Gasteiger partial charge in [-0.3, -0.25) is 4.79 Å². The van der Waals surface area contributed by atoms with Gasteiger partial charge in [-0.15, -0.1) is 0 Å². The minimum atomic E-state index is -0.859. The van der Waals surface area contributed by atoms with Crippen molar-refractivity contribution >= 4 is 5.97 Å². The predicted octanol–water partition coefficient (Wildman–Crippen LogP) is 1.40. The SMILES string of the molecule is O=C(O)CC1(O)C2CCCC3(C2)CC31. The monoisotopic (exact) mass is 196 g/mol. The second-order valence-corrected chi connectivity index (χ2v) is 5.47. The summed E-state index contributed by atoms with van der Waals surface area (Å²) in [6.07, 6.45) is 5.56. The zero-order chi connectivity index (χ0) is 9.97. The number of carboxylic acids is 1. The van der Waals surface area contributed by atoms with Crippen LogP contribution >= 0.6 is 0 Å². The fourth-order valence-electron chi connectivity index (χ4n) is 4.17. The minimum Gasteiger partial charge on any atom is -0.481 e. The quantitative estimate of drug-likeness (QED) is 0.702. The van der Waals surface area contributed by atoms with Gasteiger partial charge in [-0.2, -0.15) is 0 Å². The fourth-order valence-corrected chi connectivity index (χ4v) is 4.17. The van der Waals surface area contributed by atoms with Crippen LogP contribution in [0.25, 0.3) is 0 Å². The summed E-state index contributed by atoms with van der Waals surface area (Å²) in [6, 6.07) is 0. The molecule has 4 atom stereocenters. The Morgan fingerprint density at radius 3 is 2.86 bits per heavy atom. The minimum absolute atomic E-state index is 0.0376. The summed E-state index contributed by atoms with van der Waals surface area (Å²) in [5.74, 6) is -0.271. The average Bonchev–Trinajstić information content (AvgIpc) is 2.74. The fraction of sp³-hybridized carbons (Fsp3) is 0.909. The third kappa shape index (κ3) is 0.888.